The Bertz CT molecular complexity index is 1700. The Labute approximate surface area is 289 Å². The molecule has 3 heterocycles. The molecule has 3 atom stereocenters. The van der Waals surface area contributed by atoms with Gasteiger partial charge in [-0.3, -0.25) is 14.4 Å². The number of anilines is 1. The maximum absolute atomic E-state index is 14.2. The largest absolute Gasteiger partial charge is 0.497 e. The number of amides is 1. The van der Waals surface area contributed by atoms with Gasteiger partial charge in [0.2, 0.25) is 5.91 Å². The molecule has 0 radical (unpaired) electrons. The van der Waals surface area contributed by atoms with E-state index in [1.54, 1.807) is 28.8 Å². The van der Waals surface area contributed by atoms with Gasteiger partial charge in [-0.2, -0.15) is 0 Å². The number of carbonyl (C=O) groups excluding carboxylic acids is 2. The van der Waals surface area contributed by atoms with Gasteiger partial charge in [0, 0.05) is 42.8 Å². The quantitative estimate of drug-likeness (QED) is 0.201. The Kier molecular flexibility index (Phi) is 9.95. The van der Waals surface area contributed by atoms with Gasteiger partial charge in [0.1, 0.15) is 22.8 Å². The number of ketones is 1. The molecule has 7 rings (SSSR count). The molecule has 2 aromatic carbocycles. The minimum atomic E-state index is -0.707. The molecule has 2 saturated carbocycles. The summed E-state index contributed by atoms with van der Waals surface area (Å²) >= 11 is 0. The molecule has 1 saturated heterocycles. The van der Waals surface area contributed by atoms with E-state index in [1.807, 2.05) is 42.5 Å². The highest BCUT2D eigenvalue weighted by Crippen LogP contribution is 2.50. The number of hydrogen-bond donors (Lipinski definition) is 1. The zero-order chi connectivity index (χ0) is 34.0. The lowest BCUT2D eigenvalue weighted by Gasteiger charge is -2.40. The van der Waals surface area contributed by atoms with Crippen molar-refractivity contribution in [3.8, 4) is 11.5 Å². The van der Waals surface area contributed by atoms with Gasteiger partial charge >= 0.3 is 0 Å². The van der Waals surface area contributed by atoms with Gasteiger partial charge in [-0.15, -0.1) is 0 Å². The maximum Gasteiger partial charge on any atom is 0.274 e. The number of aliphatic hydroxyl groups is 1. The van der Waals surface area contributed by atoms with Crippen LogP contribution in [0.3, 0.4) is 0 Å². The van der Waals surface area contributed by atoms with E-state index in [4.69, 9.17) is 9.47 Å². The van der Waals surface area contributed by atoms with Crippen LogP contribution < -0.4 is 19.9 Å². The molecule has 3 fully saturated rings. The Morgan fingerprint density at radius 2 is 1.80 bits per heavy atom. The molecule has 2 aliphatic heterocycles. The van der Waals surface area contributed by atoms with Crippen molar-refractivity contribution in [3.05, 3.63) is 87.8 Å². The minimum absolute atomic E-state index is 0.0338. The number of hydrogen-bond acceptors (Lipinski definition) is 6. The number of carbonyl (C=O) groups is 2. The Morgan fingerprint density at radius 1 is 1.02 bits per heavy atom. The van der Waals surface area contributed by atoms with Crippen molar-refractivity contribution >= 4 is 17.4 Å². The van der Waals surface area contributed by atoms with Gasteiger partial charge in [-0.1, -0.05) is 43.2 Å². The lowest BCUT2D eigenvalue weighted by molar-refractivity contribution is -0.117. The average Bonchev–Trinajstić information content (AvgIpc) is 3.91. The predicted molar refractivity (Wildman–Crippen MR) is 190 cm³/mol. The first-order chi connectivity index (χ1) is 23.8. The number of rotatable bonds is 12. The summed E-state index contributed by atoms with van der Waals surface area (Å²) < 4.78 is 13.9. The summed E-state index contributed by atoms with van der Waals surface area (Å²) in [5, 5.41) is 11.9. The number of methoxy groups -OCH3 is 1. The standard InChI is InChI=1S/C41H50N2O6/c1-48-33-16-18-38-34(25-33)29(26-41(49-38)19-7-8-20-41)15-17-36(44)30(22-28-10-3-2-4-11-28)24-37(45)31-23-35(42-21-9-14-39(42)46)40(47)43(27-31)32-12-5-6-13-32/h2-4,10-11,16,18,23,25,27,29-30,32,36,44H,5-9,12-15,17,19-22,24,26H2,1H3/t29-,30+,36+/m0/s1. The maximum atomic E-state index is 14.2. The molecule has 0 unspecified atom stereocenters. The first kappa shape index (κ1) is 33.6. The van der Waals surface area contributed by atoms with Gasteiger partial charge in [0.25, 0.3) is 5.56 Å². The zero-order valence-electron chi connectivity index (χ0n) is 28.8. The average molecular weight is 667 g/mol. The minimum Gasteiger partial charge on any atom is -0.497 e. The number of ether oxygens (including phenoxy) is 2. The van der Waals surface area contributed by atoms with Crippen LogP contribution >= 0.6 is 0 Å². The first-order valence-electron chi connectivity index (χ1n) is 18.5. The van der Waals surface area contributed by atoms with E-state index in [2.05, 4.69) is 6.07 Å². The van der Waals surface area contributed by atoms with Crippen LogP contribution in [0.15, 0.2) is 65.6 Å². The smallest absolute Gasteiger partial charge is 0.274 e. The lowest BCUT2D eigenvalue weighted by atomic mass is 9.77. The first-order valence-corrected chi connectivity index (χ1v) is 18.5. The number of benzene rings is 2. The fourth-order valence-electron chi connectivity index (χ4n) is 9.00. The normalized spacial score (nSPS) is 21.5. The van der Waals surface area contributed by atoms with E-state index in [0.717, 1.165) is 74.0 Å². The molecule has 0 bridgehead atoms. The lowest BCUT2D eigenvalue weighted by Crippen LogP contribution is -2.38. The van der Waals surface area contributed by atoms with Crippen LogP contribution in [0.2, 0.25) is 0 Å². The van der Waals surface area contributed by atoms with Crippen LogP contribution in [0.1, 0.15) is 123 Å². The molecule has 3 aromatic rings. The van der Waals surface area contributed by atoms with Crippen molar-refractivity contribution in [2.75, 3.05) is 18.6 Å². The molecule has 49 heavy (non-hydrogen) atoms. The molecule has 1 spiro atoms. The Hall–Kier alpha value is -3.91. The number of fused-ring (bicyclic) bond motifs is 1. The third kappa shape index (κ3) is 7.21. The topological polar surface area (TPSA) is 98.1 Å². The fourth-order valence-corrected chi connectivity index (χ4v) is 9.00. The van der Waals surface area contributed by atoms with Crippen molar-refractivity contribution in [2.45, 2.75) is 120 Å². The van der Waals surface area contributed by atoms with Gasteiger partial charge < -0.3 is 24.0 Å². The monoisotopic (exact) mass is 666 g/mol. The van der Waals surface area contributed by atoms with E-state index < -0.39 is 6.10 Å². The number of aliphatic hydroxyl groups excluding tert-OH is 1. The predicted octanol–water partition coefficient (Wildman–Crippen LogP) is 7.55. The number of aromatic nitrogens is 1. The van der Waals surface area contributed by atoms with Crippen LogP contribution in [0.4, 0.5) is 5.69 Å². The molecule has 260 valence electrons. The number of Topliss-reactive ketones (excluding diaryl/α,β-unsaturated/α-hetero) is 1. The molecule has 8 heteroatoms. The third-order valence-electron chi connectivity index (χ3n) is 11.7. The highest BCUT2D eigenvalue weighted by molar-refractivity contribution is 5.99. The summed E-state index contributed by atoms with van der Waals surface area (Å²) in [6.07, 6.45) is 13.4. The van der Waals surface area contributed by atoms with Gasteiger partial charge in [-0.05, 0) is 112 Å². The van der Waals surface area contributed by atoms with Gasteiger partial charge in [0.15, 0.2) is 5.78 Å². The van der Waals surface area contributed by atoms with E-state index in [0.29, 0.717) is 43.5 Å². The van der Waals surface area contributed by atoms with E-state index in [-0.39, 0.29) is 47.1 Å². The molecule has 1 amide bonds. The molecule has 2 aliphatic carbocycles. The number of pyridine rings is 1. The summed E-state index contributed by atoms with van der Waals surface area (Å²) in [5.74, 6) is 1.46. The van der Waals surface area contributed by atoms with Crippen molar-refractivity contribution < 1.29 is 24.2 Å². The van der Waals surface area contributed by atoms with Crippen molar-refractivity contribution in [3.63, 3.8) is 0 Å². The van der Waals surface area contributed by atoms with Crippen molar-refractivity contribution in [1.29, 1.82) is 0 Å². The second-order valence-electron chi connectivity index (χ2n) is 14.9. The van der Waals surface area contributed by atoms with Crippen LogP contribution in [0, 0.1) is 5.92 Å². The van der Waals surface area contributed by atoms with Crippen molar-refractivity contribution in [2.24, 2.45) is 5.92 Å². The van der Waals surface area contributed by atoms with Gasteiger partial charge in [-0.25, -0.2) is 0 Å². The van der Waals surface area contributed by atoms with Crippen LogP contribution in [-0.2, 0) is 11.2 Å². The molecular formula is C41H50N2O6. The SMILES string of the molecule is COc1ccc2c(c1)[C@@H](CC[C@@H](O)[C@@H](CC(=O)c1cc(N3CCCC3=O)c(=O)n(C3CCCC3)c1)Cc1ccccc1)CC1(CCCC1)O2. The molecule has 1 N–H and O–H groups in total. The summed E-state index contributed by atoms with van der Waals surface area (Å²) in [6.45, 7) is 0.494. The highest BCUT2D eigenvalue weighted by atomic mass is 16.5. The third-order valence-corrected chi connectivity index (χ3v) is 11.7. The van der Waals surface area contributed by atoms with E-state index in [1.165, 1.54) is 12.8 Å². The van der Waals surface area contributed by atoms with E-state index in [9.17, 15) is 19.5 Å². The highest BCUT2D eigenvalue weighted by Gasteiger charge is 2.43. The second-order valence-corrected chi connectivity index (χ2v) is 14.9. The summed E-state index contributed by atoms with van der Waals surface area (Å²) in [6, 6.07) is 17.8. The summed E-state index contributed by atoms with van der Waals surface area (Å²) in [4.78, 5) is 42.2. The van der Waals surface area contributed by atoms with Crippen LogP contribution in [0.25, 0.3) is 0 Å². The van der Waals surface area contributed by atoms with Crippen molar-refractivity contribution in [1.82, 2.24) is 4.57 Å². The molecular weight excluding hydrogens is 616 g/mol. The van der Waals surface area contributed by atoms with Crippen LogP contribution in [0.5, 0.6) is 11.5 Å². The molecule has 4 aliphatic rings. The molecule has 8 nitrogen and oxygen atoms in total. The van der Waals surface area contributed by atoms with E-state index >= 15 is 0 Å². The zero-order valence-corrected chi connectivity index (χ0v) is 28.8. The summed E-state index contributed by atoms with van der Waals surface area (Å²) in [7, 11) is 1.68. The fraction of sp³-hybridized carbons (Fsp3) is 0.537. The summed E-state index contributed by atoms with van der Waals surface area (Å²) in [5.41, 5.74) is 2.64. The number of nitrogens with zero attached hydrogens (tertiary/aromatic N) is 2. The Balaban J connectivity index is 1.14. The second kappa shape index (κ2) is 14.5. The van der Waals surface area contributed by atoms with Gasteiger partial charge in [0.05, 0.1) is 13.2 Å². The molecule has 1 aromatic heterocycles. The Morgan fingerprint density at radius 3 is 2.51 bits per heavy atom. The van der Waals surface area contributed by atoms with Crippen LogP contribution in [-0.4, -0.2) is 46.7 Å².